The zero-order valence-corrected chi connectivity index (χ0v) is 16.0. The third-order valence-electron chi connectivity index (χ3n) is 4.63. The highest BCUT2D eigenvalue weighted by atomic mass is 35.5. The van der Waals surface area contributed by atoms with E-state index in [9.17, 15) is 0 Å². The number of furan rings is 1. The minimum Gasteiger partial charge on any atom is -0.462 e. The summed E-state index contributed by atoms with van der Waals surface area (Å²) in [5, 5.41) is 6.60. The predicted molar refractivity (Wildman–Crippen MR) is 102 cm³/mol. The number of rotatable bonds is 4. The first kappa shape index (κ1) is 19.7. The Morgan fingerprint density at radius 3 is 2.75 bits per heavy atom. The van der Waals surface area contributed by atoms with Crippen molar-refractivity contribution in [1.82, 2.24) is 20.1 Å². The van der Waals surface area contributed by atoms with Crippen LogP contribution in [0.5, 0.6) is 0 Å². The lowest BCUT2D eigenvalue weighted by Crippen LogP contribution is -2.50. The van der Waals surface area contributed by atoms with Crippen LogP contribution in [0, 0.1) is 0 Å². The molecule has 0 saturated carbocycles. The highest BCUT2D eigenvalue weighted by molar-refractivity contribution is 7.13. The van der Waals surface area contributed by atoms with Gasteiger partial charge in [0.1, 0.15) is 0 Å². The average molecular weight is 391 g/mol. The Bertz CT molecular complexity index is 593. The molecular weight excluding hydrogens is 367 g/mol. The summed E-state index contributed by atoms with van der Waals surface area (Å²) in [5.41, 5.74) is 1.16. The van der Waals surface area contributed by atoms with Crippen molar-refractivity contribution in [3.05, 3.63) is 29.5 Å². The first-order chi connectivity index (χ1) is 10.9. The molecule has 0 aliphatic carbocycles. The second-order valence-corrected chi connectivity index (χ2v) is 6.94. The lowest BCUT2D eigenvalue weighted by Gasteiger charge is -2.37. The van der Waals surface area contributed by atoms with Crippen molar-refractivity contribution < 1.29 is 4.42 Å². The van der Waals surface area contributed by atoms with Crippen molar-refractivity contribution >= 4 is 36.2 Å². The molecule has 2 aromatic rings. The number of piperazine rings is 1. The summed E-state index contributed by atoms with van der Waals surface area (Å²) in [6, 6.07) is 4.64. The molecule has 0 bridgehead atoms. The van der Waals surface area contributed by atoms with Crippen molar-refractivity contribution in [2.45, 2.75) is 19.0 Å². The Balaban J connectivity index is 0.00000104. The molecule has 0 aromatic carbocycles. The van der Waals surface area contributed by atoms with E-state index in [4.69, 9.17) is 9.40 Å². The number of hydrogen-bond donors (Lipinski definition) is 1. The maximum Gasteiger partial charge on any atom is 0.162 e. The van der Waals surface area contributed by atoms with Crippen molar-refractivity contribution in [2.75, 3.05) is 39.3 Å². The van der Waals surface area contributed by atoms with Gasteiger partial charge >= 0.3 is 0 Å². The van der Waals surface area contributed by atoms with Gasteiger partial charge in [0.2, 0.25) is 0 Å². The molecule has 134 valence electrons. The second-order valence-electron chi connectivity index (χ2n) is 6.08. The van der Waals surface area contributed by atoms with Crippen molar-refractivity contribution in [1.29, 1.82) is 0 Å². The summed E-state index contributed by atoms with van der Waals surface area (Å²) >= 11 is 1.67. The fourth-order valence-electron chi connectivity index (χ4n) is 3.36. The van der Waals surface area contributed by atoms with Crippen LogP contribution in [0.4, 0.5) is 0 Å². The molecule has 4 rings (SSSR count). The third kappa shape index (κ3) is 4.50. The first-order valence-electron chi connectivity index (χ1n) is 8.04. The summed E-state index contributed by atoms with van der Waals surface area (Å²) in [6.07, 6.45) is 3.01. The Morgan fingerprint density at radius 2 is 2.08 bits per heavy atom. The molecule has 24 heavy (non-hydrogen) atoms. The molecule has 0 radical (unpaired) electrons. The minimum atomic E-state index is 0. The van der Waals surface area contributed by atoms with Gasteiger partial charge < -0.3 is 9.73 Å². The zero-order chi connectivity index (χ0) is 14.8. The van der Waals surface area contributed by atoms with E-state index in [0.717, 1.165) is 42.1 Å². The van der Waals surface area contributed by atoms with Crippen LogP contribution in [0.2, 0.25) is 0 Å². The van der Waals surface area contributed by atoms with E-state index in [2.05, 4.69) is 20.5 Å². The zero-order valence-electron chi connectivity index (χ0n) is 13.5. The van der Waals surface area contributed by atoms with Crippen LogP contribution in [0.15, 0.2) is 28.2 Å². The Hall–Kier alpha value is -0.630. The molecule has 0 spiro atoms. The first-order valence-corrected chi connectivity index (χ1v) is 8.92. The Labute approximate surface area is 159 Å². The fourth-order valence-corrected chi connectivity index (χ4v) is 4.14. The molecule has 2 aliphatic heterocycles. The van der Waals surface area contributed by atoms with Crippen LogP contribution in [-0.4, -0.2) is 60.1 Å². The molecule has 1 N–H and O–H groups in total. The summed E-state index contributed by atoms with van der Waals surface area (Å²) in [5.74, 6) is 0.870. The number of hydrogen-bond acceptors (Lipinski definition) is 6. The minimum absolute atomic E-state index is 0. The average Bonchev–Trinajstić information content (AvgIpc) is 3.30. The van der Waals surface area contributed by atoms with Crippen LogP contribution in [0.25, 0.3) is 10.8 Å². The SMILES string of the molecule is Cl.Cl.c1coc(-c2nc(CN3CCN(C4CCNC4)CC3)cs2)c1. The molecule has 1 unspecified atom stereocenters. The van der Waals surface area contributed by atoms with E-state index in [1.54, 1.807) is 17.6 Å². The summed E-state index contributed by atoms with van der Waals surface area (Å²) in [7, 11) is 0. The van der Waals surface area contributed by atoms with Crippen LogP contribution in [-0.2, 0) is 6.54 Å². The topological polar surface area (TPSA) is 44.5 Å². The van der Waals surface area contributed by atoms with E-state index >= 15 is 0 Å². The van der Waals surface area contributed by atoms with E-state index in [0.29, 0.717) is 0 Å². The van der Waals surface area contributed by atoms with Gasteiger partial charge in [0.25, 0.3) is 0 Å². The lowest BCUT2D eigenvalue weighted by molar-refractivity contribution is 0.0975. The van der Waals surface area contributed by atoms with Crippen molar-refractivity contribution in [3.8, 4) is 10.8 Å². The van der Waals surface area contributed by atoms with Crippen LogP contribution in [0.1, 0.15) is 12.1 Å². The van der Waals surface area contributed by atoms with Gasteiger partial charge in [-0.2, -0.15) is 0 Å². The number of nitrogens with one attached hydrogen (secondary N) is 1. The summed E-state index contributed by atoms with van der Waals surface area (Å²) < 4.78 is 5.42. The molecular formula is C16H24Cl2N4OS. The van der Waals surface area contributed by atoms with Crippen molar-refractivity contribution in [2.24, 2.45) is 0 Å². The molecule has 2 fully saturated rings. The molecule has 1 atom stereocenters. The van der Waals surface area contributed by atoms with E-state index in [1.807, 2.05) is 12.1 Å². The monoisotopic (exact) mass is 390 g/mol. The van der Waals surface area contributed by atoms with Gasteiger partial charge in [0.15, 0.2) is 10.8 Å². The van der Waals surface area contributed by atoms with Gasteiger partial charge in [-0.25, -0.2) is 4.98 Å². The van der Waals surface area contributed by atoms with Gasteiger partial charge in [0, 0.05) is 50.7 Å². The molecule has 8 heteroatoms. The largest absolute Gasteiger partial charge is 0.462 e. The van der Waals surface area contributed by atoms with Crippen LogP contribution < -0.4 is 5.32 Å². The number of nitrogens with zero attached hydrogens (tertiary/aromatic N) is 3. The highest BCUT2D eigenvalue weighted by Gasteiger charge is 2.26. The molecule has 5 nitrogen and oxygen atoms in total. The highest BCUT2D eigenvalue weighted by Crippen LogP contribution is 2.24. The molecule has 2 saturated heterocycles. The lowest BCUT2D eigenvalue weighted by atomic mass is 10.2. The molecule has 4 heterocycles. The number of thiazole rings is 1. The Morgan fingerprint density at radius 1 is 1.25 bits per heavy atom. The molecule has 2 aromatic heterocycles. The van der Waals surface area contributed by atoms with Crippen LogP contribution >= 0.6 is 36.2 Å². The quantitative estimate of drug-likeness (QED) is 0.869. The smallest absolute Gasteiger partial charge is 0.162 e. The van der Waals surface area contributed by atoms with Gasteiger partial charge in [-0.3, -0.25) is 9.80 Å². The van der Waals surface area contributed by atoms with Crippen LogP contribution in [0.3, 0.4) is 0 Å². The molecule has 0 amide bonds. The number of halogens is 2. The van der Waals surface area contributed by atoms with E-state index in [1.165, 1.54) is 32.6 Å². The van der Waals surface area contributed by atoms with Gasteiger partial charge in [-0.05, 0) is 25.1 Å². The van der Waals surface area contributed by atoms with Gasteiger partial charge in [-0.1, -0.05) is 0 Å². The second kappa shape index (κ2) is 9.17. The maximum absolute atomic E-state index is 5.42. The normalized spacial score (nSPS) is 22.1. The van der Waals surface area contributed by atoms with E-state index < -0.39 is 0 Å². The van der Waals surface area contributed by atoms with Crippen molar-refractivity contribution in [3.63, 3.8) is 0 Å². The summed E-state index contributed by atoms with van der Waals surface area (Å²) in [6.45, 7) is 7.95. The predicted octanol–water partition coefficient (Wildman–Crippen LogP) is 2.73. The fraction of sp³-hybridized carbons (Fsp3) is 0.562. The van der Waals surface area contributed by atoms with E-state index in [-0.39, 0.29) is 24.8 Å². The number of aromatic nitrogens is 1. The molecule has 2 aliphatic rings. The Kier molecular flexibility index (Phi) is 7.53. The van der Waals surface area contributed by atoms with Gasteiger partial charge in [-0.15, -0.1) is 36.2 Å². The maximum atomic E-state index is 5.42. The van der Waals surface area contributed by atoms with Gasteiger partial charge in [0.05, 0.1) is 12.0 Å². The summed E-state index contributed by atoms with van der Waals surface area (Å²) in [4.78, 5) is 9.86. The third-order valence-corrected chi connectivity index (χ3v) is 5.53. The standard InChI is InChI=1S/C16H22N4OS.2ClH/c1-2-15(21-9-1)16-18-13(12-22-16)11-19-5-7-20(8-6-19)14-3-4-17-10-14;;/h1-2,9,12,14,17H,3-8,10-11H2;2*1H.